The zero-order chi connectivity index (χ0) is 36.6. The van der Waals surface area contributed by atoms with Crippen molar-refractivity contribution in [3.63, 3.8) is 0 Å². The van der Waals surface area contributed by atoms with E-state index < -0.39 is 11.4 Å². The summed E-state index contributed by atoms with van der Waals surface area (Å²) in [5, 5.41) is 9.42. The van der Waals surface area contributed by atoms with Gasteiger partial charge in [-0.2, -0.15) is 0 Å². The maximum atomic E-state index is 11.5. The molecule has 0 aromatic heterocycles. The van der Waals surface area contributed by atoms with Crippen LogP contribution in [0.4, 0.5) is 18.6 Å². The molecular formula is C37H57F4IO9. The Kier molecular flexibility index (Phi) is 28.0. The molecule has 0 radical (unpaired) electrons. The minimum Gasteiger partial charge on any atom is -0.481 e. The lowest BCUT2D eigenvalue weighted by atomic mass is 9.58. The number of halogens is 5. The SMILES string of the molecule is C1CCOC1.COC(=O)C1CC(C)(OC)C1.COC1(C)CC(CCOCc2ccccc2)(C(=O)O)C1.F.F.FF.ICCOCc1ccccc1. The van der Waals surface area contributed by atoms with Crippen molar-refractivity contribution in [1.82, 2.24) is 0 Å². The molecular weight excluding hydrogens is 791 g/mol. The highest BCUT2D eigenvalue weighted by atomic mass is 127. The van der Waals surface area contributed by atoms with Crippen LogP contribution < -0.4 is 0 Å². The van der Waals surface area contributed by atoms with E-state index in [1.165, 1.54) is 25.5 Å². The maximum absolute atomic E-state index is 11.5. The highest BCUT2D eigenvalue weighted by molar-refractivity contribution is 14.1. The number of esters is 1. The molecule has 0 atom stereocenters. The third-order valence-electron chi connectivity index (χ3n) is 8.75. The number of carboxylic acid groups (broad SMARTS) is 1. The third kappa shape index (κ3) is 19.3. The average Bonchev–Trinajstić information content (AvgIpc) is 3.70. The number of ether oxygens (including phenoxy) is 6. The number of methoxy groups -OCH3 is 3. The predicted molar refractivity (Wildman–Crippen MR) is 198 cm³/mol. The van der Waals surface area contributed by atoms with Crippen LogP contribution in [0.2, 0.25) is 0 Å². The normalized spacial score (nSPS) is 23.7. The van der Waals surface area contributed by atoms with Crippen LogP contribution in [0.15, 0.2) is 60.7 Å². The first-order chi connectivity index (χ1) is 23.5. The molecule has 2 aromatic rings. The van der Waals surface area contributed by atoms with Crippen LogP contribution in [0.25, 0.3) is 0 Å². The molecule has 9 nitrogen and oxygen atoms in total. The molecule has 0 bridgehead atoms. The second-order valence-electron chi connectivity index (χ2n) is 12.7. The van der Waals surface area contributed by atoms with Gasteiger partial charge in [0.1, 0.15) is 0 Å². The number of hydrogen-bond donors (Lipinski definition) is 1. The van der Waals surface area contributed by atoms with Crippen LogP contribution in [0, 0.1) is 11.3 Å². The molecule has 0 amide bonds. The molecule has 5 rings (SSSR count). The molecule has 2 aromatic carbocycles. The van der Waals surface area contributed by atoms with Crippen molar-refractivity contribution < 1.29 is 61.7 Å². The number of carbonyl (C=O) groups excluding carboxylic acids is 1. The van der Waals surface area contributed by atoms with Crippen molar-refractivity contribution in [1.29, 1.82) is 0 Å². The lowest BCUT2D eigenvalue weighted by Crippen LogP contribution is -2.55. The molecule has 0 spiro atoms. The first-order valence-electron chi connectivity index (χ1n) is 16.5. The number of carboxylic acids is 1. The summed E-state index contributed by atoms with van der Waals surface area (Å²) in [6.07, 6.45) is 5.78. The molecule has 3 fully saturated rings. The Bertz CT molecular complexity index is 1140. The Morgan fingerprint density at radius 3 is 1.61 bits per heavy atom. The van der Waals surface area contributed by atoms with Crippen molar-refractivity contribution >= 4 is 34.5 Å². The van der Waals surface area contributed by atoms with E-state index in [-0.39, 0.29) is 32.5 Å². The lowest BCUT2D eigenvalue weighted by Gasteiger charge is -2.51. The molecule has 14 heteroatoms. The summed E-state index contributed by atoms with van der Waals surface area (Å²) in [6, 6.07) is 20.1. The number of carbonyl (C=O) groups is 2. The largest absolute Gasteiger partial charge is 0.481 e. The van der Waals surface area contributed by atoms with Gasteiger partial charge in [0.25, 0.3) is 0 Å². The zero-order valence-electron chi connectivity index (χ0n) is 30.4. The lowest BCUT2D eigenvalue weighted by molar-refractivity contribution is -0.187. The fourth-order valence-electron chi connectivity index (χ4n) is 5.80. The second kappa shape index (κ2) is 28.2. The molecule has 2 aliphatic carbocycles. The van der Waals surface area contributed by atoms with Gasteiger partial charge in [0.2, 0.25) is 0 Å². The van der Waals surface area contributed by atoms with Crippen molar-refractivity contribution in [3.8, 4) is 0 Å². The van der Waals surface area contributed by atoms with Gasteiger partial charge in [0, 0.05) is 47.6 Å². The summed E-state index contributed by atoms with van der Waals surface area (Å²) in [5.41, 5.74) is 1.29. The summed E-state index contributed by atoms with van der Waals surface area (Å²) in [4.78, 5) is 22.4. The fourth-order valence-corrected chi connectivity index (χ4v) is 6.11. The van der Waals surface area contributed by atoms with Crippen LogP contribution in [-0.2, 0) is 51.2 Å². The van der Waals surface area contributed by atoms with Gasteiger partial charge in [0.05, 0.1) is 49.5 Å². The van der Waals surface area contributed by atoms with E-state index in [1.807, 2.05) is 62.4 Å². The van der Waals surface area contributed by atoms with Crippen molar-refractivity contribution in [2.75, 3.05) is 52.2 Å². The van der Waals surface area contributed by atoms with E-state index in [0.717, 1.165) is 49.3 Å². The van der Waals surface area contributed by atoms with Crippen LogP contribution in [0.3, 0.4) is 0 Å². The summed E-state index contributed by atoms with van der Waals surface area (Å²) in [7, 11) is 4.73. The first-order valence-corrected chi connectivity index (χ1v) is 18.0. The highest BCUT2D eigenvalue weighted by Gasteiger charge is 2.57. The van der Waals surface area contributed by atoms with Gasteiger partial charge in [-0.3, -0.25) is 19.0 Å². The van der Waals surface area contributed by atoms with Crippen molar-refractivity contribution in [2.45, 2.75) is 83.2 Å². The zero-order valence-corrected chi connectivity index (χ0v) is 32.6. The Morgan fingerprint density at radius 1 is 0.804 bits per heavy atom. The quantitative estimate of drug-likeness (QED) is 0.0699. The molecule has 1 heterocycles. The predicted octanol–water partition coefficient (Wildman–Crippen LogP) is 8.42. The van der Waals surface area contributed by atoms with Crippen molar-refractivity contribution in [3.05, 3.63) is 71.8 Å². The van der Waals surface area contributed by atoms with E-state index in [9.17, 15) is 14.7 Å². The van der Waals surface area contributed by atoms with E-state index in [2.05, 4.69) is 39.5 Å². The summed E-state index contributed by atoms with van der Waals surface area (Å²) in [5.74, 6) is -0.792. The highest BCUT2D eigenvalue weighted by Crippen LogP contribution is 2.52. The fraction of sp³-hybridized carbons (Fsp3) is 0.622. The Hall–Kier alpha value is -2.37. The molecule has 3 aliphatic rings. The van der Waals surface area contributed by atoms with E-state index in [4.69, 9.17) is 32.8 Å². The minimum absolute atomic E-state index is 0. The molecule has 1 saturated heterocycles. The average molecular weight is 849 g/mol. The standard InChI is InChI=1S/C16H22O4.C9H11IO.C8H14O3.C4H8O.F2.2FH/c1-15(19-2)11-16(12-15,14(17)18)8-9-20-10-13-6-4-3-5-7-13;10-6-7-11-8-9-4-2-1-3-5-9;1-8(11-3)4-6(5-8)7(9)10-2;1-2-4-5-3-1;1-2;;/h3-7H,8-12H2,1-2H3,(H,17,18);1-5H,6-8H2;6H,4-5H2,1-3H3;1-4H2;;2*1H. The molecule has 1 aliphatic heterocycles. The van der Waals surface area contributed by atoms with Gasteiger partial charge in [-0.05, 0) is 69.9 Å². The minimum atomic E-state index is -0.740. The maximum Gasteiger partial charge on any atom is 0.309 e. The molecule has 294 valence electrons. The summed E-state index contributed by atoms with van der Waals surface area (Å²) < 4.78 is 48.1. The van der Waals surface area contributed by atoms with Gasteiger partial charge in [0.15, 0.2) is 0 Å². The van der Waals surface area contributed by atoms with Gasteiger partial charge in [-0.1, -0.05) is 83.3 Å². The first kappa shape index (κ1) is 50.7. The van der Waals surface area contributed by atoms with Gasteiger partial charge >= 0.3 is 11.9 Å². The van der Waals surface area contributed by atoms with E-state index in [0.29, 0.717) is 32.5 Å². The number of alkyl halides is 1. The molecule has 0 unspecified atom stereocenters. The smallest absolute Gasteiger partial charge is 0.309 e. The van der Waals surface area contributed by atoms with Gasteiger partial charge in [-0.15, -0.1) is 0 Å². The third-order valence-corrected chi connectivity index (χ3v) is 9.19. The molecule has 51 heavy (non-hydrogen) atoms. The summed E-state index contributed by atoms with van der Waals surface area (Å²) in [6.45, 7) is 8.53. The number of benzene rings is 2. The van der Waals surface area contributed by atoms with E-state index in [1.54, 1.807) is 14.2 Å². The molecule has 2 saturated carbocycles. The topological polar surface area (TPSA) is 110 Å². The summed E-state index contributed by atoms with van der Waals surface area (Å²) >= 11 is 2.31. The van der Waals surface area contributed by atoms with E-state index >= 15 is 0 Å². The van der Waals surface area contributed by atoms with Crippen LogP contribution in [0.5, 0.6) is 0 Å². The van der Waals surface area contributed by atoms with Crippen LogP contribution in [-0.4, -0.2) is 80.4 Å². The Morgan fingerprint density at radius 2 is 1.25 bits per heavy atom. The van der Waals surface area contributed by atoms with Crippen LogP contribution in [0.1, 0.15) is 69.9 Å². The number of aliphatic carboxylic acids is 1. The number of rotatable bonds is 13. The Balaban J connectivity index is 0. The second-order valence-corrected chi connectivity index (χ2v) is 13.8. The monoisotopic (exact) mass is 848 g/mol. The number of hydrogen-bond acceptors (Lipinski definition) is 8. The van der Waals surface area contributed by atoms with Gasteiger partial charge in [-0.25, -0.2) is 0 Å². The van der Waals surface area contributed by atoms with Gasteiger partial charge < -0.3 is 33.5 Å². The molecule has 1 N–H and O–H groups in total. The Labute approximate surface area is 313 Å². The van der Waals surface area contributed by atoms with Crippen molar-refractivity contribution in [2.24, 2.45) is 11.3 Å². The van der Waals surface area contributed by atoms with Crippen LogP contribution >= 0.6 is 22.6 Å².